The van der Waals surface area contributed by atoms with Gasteiger partial charge in [0.2, 0.25) is 11.7 Å². The van der Waals surface area contributed by atoms with Crippen LogP contribution in [0.1, 0.15) is 103 Å². The number of carboxylic acid groups (broad SMARTS) is 3. The monoisotopic (exact) mass is 1630 g/mol. The Morgan fingerprint density at radius 2 is 0.803 bits per heavy atom. The van der Waals surface area contributed by atoms with Crippen LogP contribution in [0, 0.1) is 11.3 Å². The molecule has 0 aliphatic carbocycles. The number of ketones is 2. The van der Waals surface area contributed by atoms with Crippen LogP contribution < -0.4 is 61.2 Å². The number of amides is 4. The number of carbonyl (C=O) groups excluding carboxylic acids is 9. The molecule has 7 rings (SSSR count). The predicted molar refractivity (Wildman–Crippen MR) is 400 cm³/mol. The molecular weight excluding hydrogens is 1540 g/mol. The maximum Gasteiger partial charge on any atom is 0.322 e. The summed E-state index contributed by atoms with van der Waals surface area (Å²) in [5, 5.41) is 68.9. The fourth-order valence-corrected chi connectivity index (χ4v) is 10.2. The first kappa shape index (κ1) is 91.0. The van der Waals surface area contributed by atoms with Gasteiger partial charge in [0, 0.05) is 60.2 Å². The number of aryl methyl sites for hydroxylation is 1. The van der Waals surface area contributed by atoms with Crippen LogP contribution in [-0.2, 0) is 106 Å². The van der Waals surface area contributed by atoms with Gasteiger partial charge in [0.05, 0.1) is 137 Å². The zero-order chi connectivity index (χ0) is 84.1. The van der Waals surface area contributed by atoms with Crippen LogP contribution in [0.25, 0.3) is 0 Å². The molecule has 1 unspecified atom stereocenters. The molecule has 4 aromatic carbocycles. The van der Waals surface area contributed by atoms with E-state index < -0.39 is 97.0 Å². The second kappa shape index (κ2) is 50.1. The normalized spacial score (nSPS) is 11.2. The van der Waals surface area contributed by atoms with Crippen LogP contribution in [0.4, 0.5) is 0 Å². The van der Waals surface area contributed by atoms with Crippen molar-refractivity contribution in [2.24, 2.45) is 17.4 Å². The van der Waals surface area contributed by atoms with Crippen molar-refractivity contribution in [3.05, 3.63) is 143 Å². The number of carboxylic acids is 3. The molecule has 0 saturated heterocycles. The molecule has 1 atom stereocenters. The van der Waals surface area contributed by atoms with Gasteiger partial charge in [-0.25, -0.2) is 14.0 Å². The molecule has 4 amide bonds. The third-order valence-electron chi connectivity index (χ3n) is 15.8. The first-order valence-electron chi connectivity index (χ1n) is 36.5. The Morgan fingerprint density at radius 1 is 0.436 bits per heavy atom. The molecule has 12 N–H and O–H groups in total. The summed E-state index contributed by atoms with van der Waals surface area (Å²) in [6.07, 6.45) is 3.21. The molecule has 0 aliphatic heterocycles. The van der Waals surface area contributed by atoms with E-state index in [1.54, 1.807) is 23.3 Å². The van der Waals surface area contributed by atoms with Gasteiger partial charge in [-0.15, -0.1) is 15.3 Å². The molecule has 0 aliphatic rings. The van der Waals surface area contributed by atoms with Crippen LogP contribution in [0.5, 0.6) is 34.5 Å². The van der Waals surface area contributed by atoms with Crippen molar-refractivity contribution in [2.45, 2.75) is 84.1 Å². The van der Waals surface area contributed by atoms with E-state index in [-0.39, 0.29) is 207 Å². The topological polar surface area (TPSA) is 592 Å². The zero-order valence-corrected chi connectivity index (χ0v) is 63.4. The van der Waals surface area contributed by atoms with Crippen LogP contribution >= 0.6 is 0 Å². The van der Waals surface area contributed by atoms with Crippen LogP contribution in [0.15, 0.2) is 104 Å². The number of Topliss-reactive ketones (excluding diaryl/α,β-unsaturated/α-hetero) is 2. The molecule has 43 nitrogen and oxygen atoms in total. The highest BCUT2D eigenvalue weighted by Gasteiger charge is 2.24. The molecule has 628 valence electrons. The van der Waals surface area contributed by atoms with Gasteiger partial charge >= 0.3 is 35.8 Å². The Bertz CT molecular complexity index is 4270. The minimum Gasteiger partial charge on any atom is -0.487 e. The van der Waals surface area contributed by atoms with Crippen molar-refractivity contribution < 1.29 is 130 Å². The van der Waals surface area contributed by atoms with Gasteiger partial charge in [0.15, 0.2) is 29.0 Å². The van der Waals surface area contributed by atoms with Crippen molar-refractivity contribution in [2.75, 3.05) is 112 Å². The highest BCUT2D eigenvalue weighted by atomic mass is 16.6. The van der Waals surface area contributed by atoms with Gasteiger partial charge in [0.1, 0.15) is 67.7 Å². The number of rotatable bonds is 59. The molecule has 0 saturated carbocycles. The zero-order valence-electron chi connectivity index (χ0n) is 63.4. The average molecular weight is 1640 g/mol. The van der Waals surface area contributed by atoms with Crippen molar-refractivity contribution in [1.82, 2.24) is 66.2 Å². The summed E-state index contributed by atoms with van der Waals surface area (Å²) >= 11 is 0. The summed E-state index contributed by atoms with van der Waals surface area (Å²) in [7, 11) is 0. The lowest BCUT2D eigenvalue weighted by Crippen LogP contribution is -2.34. The number of hydrogen-bond donors (Lipinski definition) is 10. The molecule has 0 radical (unpaired) electrons. The first-order valence-corrected chi connectivity index (χ1v) is 36.5. The van der Waals surface area contributed by atoms with Crippen molar-refractivity contribution in [3.8, 4) is 34.5 Å². The number of esters is 3. The molecule has 0 spiro atoms. The fourth-order valence-electron chi connectivity index (χ4n) is 10.2. The number of primary amides is 1. The lowest BCUT2D eigenvalue weighted by atomic mass is 9.96. The minimum absolute atomic E-state index is 0.0119. The van der Waals surface area contributed by atoms with Gasteiger partial charge < -0.3 is 105 Å². The Hall–Kier alpha value is -13.2. The fraction of sp³-hybridized carbons (Fsp3) is 0.419. The summed E-state index contributed by atoms with van der Waals surface area (Å²) in [5.74, 6) is -10.7. The van der Waals surface area contributed by atoms with E-state index >= 15 is 0 Å². The number of carbonyl (C=O) groups is 12. The van der Waals surface area contributed by atoms with Crippen molar-refractivity contribution >= 4 is 77.0 Å². The predicted octanol–water partition coefficient (Wildman–Crippen LogP) is 0.667. The third kappa shape index (κ3) is 35.8. The second-order valence-corrected chi connectivity index (χ2v) is 24.9. The largest absolute Gasteiger partial charge is 0.487 e. The van der Waals surface area contributed by atoms with Gasteiger partial charge in [0.25, 0.3) is 17.7 Å². The Morgan fingerprint density at radius 3 is 1.21 bits per heavy atom. The average Bonchev–Trinajstić information content (AvgIpc) is 1.80. The number of aromatic nitrogens is 9. The lowest BCUT2D eigenvalue weighted by molar-refractivity contribution is -0.147. The molecule has 3 aromatic heterocycles. The number of nitrogens with zero attached hydrogens (tertiary/aromatic N) is 9. The van der Waals surface area contributed by atoms with E-state index in [9.17, 15) is 57.5 Å². The van der Waals surface area contributed by atoms with Gasteiger partial charge in [-0.1, -0.05) is 15.6 Å². The van der Waals surface area contributed by atoms with Crippen molar-refractivity contribution in [1.29, 1.82) is 5.41 Å². The van der Waals surface area contributed by atoms with Gasteiger partial charge in [-0.2, -0.15) is 0 Å². The van der Waals surface area contributed by atoms with Crippen molar-refractivity contribution in [3.63, 3.8) is 0 Å². The number of hydrogen-bond acceptors (Lipinski definition) is 31. The summed E-state index contributed by atoms with van der Waals surface area (Å²) < 4.78 is 73.0. The third-order valence-corrected chi connectivity index (χ3v) is 15.8. The number of nitrogens with one attached hydrogen (secondary N) is 5. The Balaban J connectivity index is 0.907. The maximum absolute atomic E-state index is 14.0. The standard InChI is InChI=1S/C74H90N16O27/c75-70(102)51(2-1-17-78-74(76)77)36-56(91)44-81-73(105)52-37-61(112-33-30-109-27-24-107-22-19-89-46-54(83-86-89)42-79-71(103)49-5-12-58(13-6-49)116-67(100)40-64(95)96)69(114-35-32-111-29-26-106-21-18-88-45-53(82-85-88)9-16-60(92)48-3-10-57(11-4-48)115-66(99)39-63(93)94)62(38-52)113-34-31-110-28-25-108-23-20-90-47-55(84-87-90)43-80-72(104)50-7-14-59(15-8-50)117-68(101)41-65(97)98/h3-8,10-15,37-38,45-47,51H,1-2,9,16-36,39-44H2,(H2,75,102)(H,79,103)(H,80,104)(H,81,105)(H,93,94)(H,95,96)(H,97,98)(H4,76,77,78). The van der Waals surface area contributed by atoms with E-state index in [0.717, 1.165) is 0 Å². The Labute approximate surface area is 666 Å². The molecule has 117 heavy (non-hydrogen) atoms. The van der Waals surface area contributed by atoms with Gasteiger partial charge in [-0.3, -0.25) is 62.9 Å². The number of guanidine groups is 1. The Kier molecular flexibility index (Phi) is 38.9. The van der Waals surface area contributed by atoms with E-state index in [4.69, 9.17) is 89.0 Å². The van der Waals surface area contributed by atoms with Crippen LogP contribution in [0.2, 0.25) is 0 Å². The van der Waals surface area contributed by atoms with Crippen LogP contribution in [-0.4, -0.2) is 249 Å². The molecule has 3 heterocycles. The minimum atomic E-state index is -1.34. The smallest absolute Gasteiger partial charge is 0.322 e. The summed E-state index contributed by atoms with van der Waals surface area (Å²) in [4.78, 5) is 145. The van der Waals surface area contributed by atoms with E-state index in [1.807, 2.05) is 0 Å². The number of aliphatic carboxylic acids is 3. The number of benzene rings is 4. The van der Waals surface area contributed by atoms with E-state index in [1.165, 1.54) is 94.3 Å². The highest BCUT2D eigenvalue weighted by molar-refractivity contribution is 5.99. The first-order chi connectivity index (χ1) is 56.4. The quantitative estimate of drug-likeness (QED) is 0.00476. The van der Waals surface area contributed by atoms with Crippen LogP contribution in [0.3, 0.4) is 0 Å². The summed E-state index contributed by atoms with van der Waals surface area (Å²) in [6, 6.07) is 19.6. The molecule has 7 aromatic rings. The lowest BCUT2D eigenvalue weighted by Gasteiger charge is -2.19. The summed E-state index contributed by atoms with van der Waals surface area (Å²) in [5.41, 5.74) is 13.3. The molecular formula is C74H90N16O27. The number of nitrogens with two attached hydrogens (primary N) is 2. The molecule has 43 heteroatoms. The van der Waals surface area contributed by atoms with E-state index in [0.29, 0.717) is 48.7 Å². The SMILES string of the molecule is N=C(N)NCCCC(CC(=O)CNC(=O)c1cc(OCCOCCOCCn2cc(CNC(=O)c3ccc(OC(=O)CC(=O)O)cc3)nn2)c(OCCOCCOCCn2cc(CCC(=O)c3ccc(OC(=O)CC(=O)O)cc3)nn2)c(OCCOCCOCCn2cc(CNC(=O)c3ccc(OC(=O)CC(=O)O)cc3)nn2)c1)C(N)=O. The van der Waals surface area contributed by atoms with Gasteiger partial charge in [-0.05, 0) is 97.8 Å². The highest BCUT2D eigenvalue weighted by Crippen LogP contribution is 2.39. The maximum atomic E-state index is 14.0. The van der Waals surface area contributed by atoms with E-state index in [2.05, 4.69) is 52.2 Å². The molecule has 0 bridgehead atoms. The number of ether oxygens (including phenoxy) is 12. The summed E-state index contributed by atoms with van der Waals surface area (Å²) in [6.45, 7) is 2.09. The second-order valence-electron chi connectivity index (χ2n) is 24.9. The molecule has 0 fully saturated rings.